The highest BCUT2D eigenvalue weighted by Gasteiger charge is 2.18. The van der Waals surface area contributed by atoms with E-state index in [0.29, 0.717) is 37.0 Å². The first-order valence-electron chi connectivity index (χ1n) is 6.31. The Morgan fingerprint density at radius 1 is 1.33 bits per heavy atom. The maximum atomic E-state index is 5.60. The van der Waals surface area contributed by atoms with Gasteiger partial charge in [-0.3, -0.25) is 0 Å². The van der Waals surface area contributed by atoms with Crippen LogP contribution in [0.4, 0.5) is 6.01 Å². The monoisotopic (exact) mass is 256 g/mol. The molecule has 1 rings (SSSR count). The van der Waals surface area contributed by atoms with Crippen LogP contribution in [-0.2, 0) is 11.3 Å². The minimum absolute atomic E-state index is 0.361. The molecule has 0 fully saturated rings. The van der Waals surface area contributed by atoms with E-state index in [0.717, 1.165) is 6.54 Å². The van der Waals surface area contributed by atoms with Crippen molar-refractivity contribution >= 4 is 6.01 Å². The highest BCUT2D eigenvalue weighted by molar-refractivity contribution is 5.24. The standard InChI is InChI=1S/C12H24N4O2/c1-9(2)10(3)16(4)12-15-14-11(18-12)8-13-6-7-17-5/h9-10,13H,6-8H2,1-5H3. The van der Waals surface area contributed by atoms with Crippen molar-refractivity contribution in [3.05, 3.63) is 5.89 Å². The fourth-order valence-corrected chi connectivity index (χ4v) is 1.45. The lowest BCUT2D eigenvalue weighted by Crippen LogP contribution is -2.33. The average Bonchev–Trinajstić information content (AvgIpc) is 2.81. The Bertz CT molecular complexity index is 341. The van der Waals surface area contributed by atoms with Gasteiger partial charge in [0.25, 0.3) is 0 Å². The van der Waals surface area contributed by atoms with E-state index in [1.807, 2.05) is 11.9 Å². The predicted octanol–water partition coefficient (Wildman–Crippen LogP) is 1.29. The van der Waals surface area contributed by atoms with Gasteiger partial charge < -0.3 is 19.4 Å². The summed E-state index contributed by atoms with van der Waals surface area (Å²) in [6.07, 6.45) is 0. The summed E-state index contributed by atoms with van der Waals surface area (Å²) in [5, 5.41) is 11.2. The second kappa shape index (κ2) is 7.33. The van der Waals surface area contributed by atoms with E-state index >= 15 is 0 Å². The summed E-state index contributed by atoms with van der Waals surface area (Å²) >= 11 is 0. The molecule has 0 aliphatic carbocycles. The first kappa shape index (κ1) is 14.9. The largest absolute Gasteiger partial charge is 0.407 e. The van der Waals surface area contributed by atoms with Crippen LogP contribution < -0.4 is 10.2 Å². The number of nitrogens with one attached hydrogen (secondary N) is 1. The Balaban J connectivity index is 2.47. The molecule has 104 valence electrons. The Hall–Kier alpha value is -1.14. The van der Waals surface area contributed by atoms with Crippen molar-refractivity contribution in [2.24, 2.45) is 5.92 Å². The lowest BCUT2D eigenvalue weighted by atomic mass is 10.1. The van der Waals surface area contributed by atoms with Crippen LogP contribution in [0.1, 0.15) is 26.7 Å². The Morgan fingerprint density at radius 3 is 2.67 bits per heavy atom. The van der Waals surface area contributed by atoms with Crippen molar-refractivity contribution in [2.75, 3.05) is 32.2 Å². The first-order valence-corrected chi connectivity index (χ1v) is 6.31. The molecule has 0 aliphatic heterocycles. The van der Waals surface area contributed by atoms with Crippen LogP contribution in [0.3, 0.4) is 0 Å². The van der Waals surface area contributed by atoms with Gasteiger partial charge in [0.1, 0.15) is 0 Å². The van der Waals surface area contributed by atoms with Gasteiger partial charge in [-0.15, -0.1) is 5.10 Å². The molecule has 6 nitrogen and oxygen atoms in total. The zero-order chi connectivity index (χ0) is 13.5. The fraction of sp³-hybridized carbons (Fsp3) is 0.833. The SMILES string of the molecule is COCCNCc1nnc(N(C)C(C)C(C)C)o1. The van der Waals surface area contributed by atoms with Crippen LogP contribution in [0.2, 0.25) is 0 Å². The van der Waals surface area contributed by atoms with E-state index in [9.17, 15) is 0 Å². The van der Waals surface area contributed by atoms with Gasteiger partial charge in [-0.1, -0.05) is 18.9 Å². The summed E-state index contributed by atoms with van der Waals surface area (Å²) in [6.45, 7) is 8.50. The molecule has 0 spiro atoms. The second-order valence-electron chi connectivity index (χ2n) is 4.74. The van der Waals surface area contributed by atoms with Gasteiger partial charge in [-0.25, -0.2) is 0 Å². The first-order chi connectivity index (χ1) is 8.56. The number of anilines is 1. The molecule has 1 unspecified atom stereocenters. The normalized spacial score (nSPS) is 13.0. The molecule has 0 aliphatic rings. The van der Waals surface area contributed by atoms with Crippen LogP contribution in [0, 0.1) is 5.92 Å². The smallest absolute Gasteiger partial charge is 0.318 e. The molecule has 1 aromatic rings. The fourth-order valence-electron chi connectivity index (χ4n) is 1.45. The van der Waals surface area contributed by atoms with Crippen LogP contribution in [0.15, 0.2) is 4.42 Å². The van der Waals surface area contributed by atoms with E-state index in [1.165, 1.54) is 0 Å². The number of nitrogens with zero attached hydrogens (tertiary/aromatic N) is 3. The Morgan fingerprint density at radius 2 is 2.06 bits per heavy atom. The third-order valence-corrected chi connectivity index (χ3v) is 3.09. The molecule has 18 heavy (non-hydrogen) atoms. The molecular weight excluding hydrogens is 232 g/mol. The Labute approximate surface area is 109 Å². The Kier molecular flexibility index (Phi) is 6.07. The van der Waals surface area contributed by atoms with Crippen molar-refractivity contribution in [3.63, 3.8) is 0 Å². The van der Waals surface area contributed by atoms with Crippen molar-refractivity contribution in [1.29, 1.82) is 0 Å². The summed E-state index contributed by atoms with van der Waals surface area (Å²) in [6, 6.07) is 0.930. The van der Waals surface area contributed by atoms with E-state index in [2.05, 4.69) is 36.3 Å². The molecule has 1 atom stereocenters. The lowest BCUT2D eigenvalue weighted by molar-refractivity contribution is 0.198. The summed E-state index contributed by atoms with van der Waals surface area (Å²) in [5.41, 5.74) is 0. The third kappa shape index (κ3) is 4.27. The summed E-state index contributed by atoms with van der Waals surface area (Å²) in [7, 11) is 3.65. The maximum Gasteiger partial charge on any atom is 0.318 e. The van der Waals surface area contributed by atoms with Gasteiger partial charge in [0, 0.05) is 26.7 Å². The molecule has 0 saturated heterocycles. The molecule has 0 amide bonds. The van der Waals surface area contributed by atoms with Crippen molar-refractivity contribution < 1.29 is 9.15 Å². The van der Waals surface area contributed by atoms with E-state index in [1.54, 1.807) is 7.11 Å². The van der Waals surface area contributed by atoms with Crippen LogP contribution in [0.5, 0.6) is 0 Å². The number of rotatable bonds is 8. The molecule has 1 N–H and O–H groups in total. The van der Waals surface area contributed by atoms with Crippen molar-refractivity contribution in [1.82, 2.24) is 15.5 Å². The average molecular weight is 256 g/mol. The summed E-state index contributed by atoms with van der Waals surface area (Å²) < 4.78 is 10.5. The van der Waals surface area contributed by atoms with Gasteiger partial charge in [0.15, 0.2) is 0 Å². The quantitative estimate of drug-likeness (QED) is 0.707. The van der Waals surface area contributed by atoms with Crippen LogP contribution >= 0.6 is 0 Å². The van der Waals surface area contributed by atoms with E-state index in [-0.39, 0.29) is 0 Å². The number of methoxy groups -OCH3 is 1. The zero-order valence-electron chi connectivity index (χ0n) is 11.9. The summed E-state index contributed by atoms with van der Waals surface area (Å²) in [4.78, 5) is 2.01. The molecule has 0 radical (unpaired) electrons. The highest BCUT2D eigenvalue weighted by atomic mass is 16.5. The highest BCUT2D eigenvalue weighted by Crippen LogP contribution is 2.17. The molecular formula is C12H24N4O2. The number of ether oxygens (including phenoxy) is 1. The van der Waals surface area contributed by atoms with E-state index in [4.69, 9.17) is 9.15 Å². The van der Waals surface area contributed by atoms with Crippen LogP contribution in [0.25, 0.3) is 0 Å². The van der Waals surface area contributed by atoms with Crippen molar-refractivity contribution in [2.45, 2.75) is 33.4 Å². The van der Waals surface area contributed by atoms with Crippen LogP contribution in [-0.4, -0.2) is 43.5 Å². The summed E-state index contributed by atoms with van der Waals surface area (Å²) in [5.74, 6) is 1.13. The van der Waals surface area contributed by atoms with Crippen molar-refractivity contribution in [3.8, 4) is 0 Å². The minimum Gasteiger partial charge on any atom is -0.407 e. The number of hydrogen-bond acceptors (Lipinski definition) is 6. The molecule has 1 heterocycles. The molecule has 6 heteroatoms. The zero-order valence-corrected chi connectivity index (χ0v) is 11.9. The molecule has 0 aromatic carbocycles. The van der Waals surface area contributed by atoms with Gasteiger partial charge in [-0.05, 0) is 12.8 Å². The lowest BCUT2D eigenvalue weighted by Gasteiger charge is -2.25. The third-order valence-electron chi connectivity index (χ3n) is 3.09. The van der Waals surface area contributed by atoms with Gasteiger partial charge in [0.05, 0.1) is 13.2 Å². The molecule has 1 aromatic heterocycles. The molecule has 0 saturated carbocycles. The van der Waals surface area contributed by atoms with Gasteiger partial charge in [0.2, 0.25) is 5.89 Å². The minimum atomic E-state index is 0.361. The second-order valence-corrected chi connectivity index (χ2v) is 4.74. The topological polar surface area (TPSA) is 63.4 Å². The predicted molar refractivity (Wildman–Crippen MR) is 70.6 cm³/mol. The van der Waals surface area contributed by atoms with Gasteiger partial charge in [-0.2, -0.15) is 0 Å². The van der Waals surface area contributed by atoms with Gasteiger partial charge >= 0.3 is 6.01 Å². The molecule has 0 bridgehead atoms. The number of aromatic nitrogens is 2. The number of hydrogen-bond donors (Lipinski definition) is 1. The maximum absolute atomic E-state index is 5.60. The van der Waals surface area contributed by atoms with E-state index < -0.39 is 0 Å².